The predicted molar refractivity (Wildman–Crippen MR) is 135 cm³/mol. The van der Waals surface area contributed by atoms with Crippen LogP contribution in [0.15, 0.2) is 29.3 Å². The molecule has 0 bridgehead atoms. The second kappa shape index (κ2) is 11.2. The fraction of sp³-hybridized carbons (Fsp3) is 0.500. The Morgan fingerprint density at radius 1 is 1.22 bits per heavy atom. The number of hydrogen-bond acceptors (Lipinski definition) is 6. The van der Waals surface area contributed by atoms with Crippen LogP contribution in [-0.2, 0) is 19.1 Å². The lowest BCUT2D eigenvalue weighted by molar-refractivity contribution is -0.141. The second-order valence-corrected chi connectivity index (χ2v) is 9.34. The van der Waals surface area contributed by atoms with Crippen molar-refractivity contribution in [2.45, 2.75) is 45.1 Å². The van der Waals surface area contributed by atoms with Gasteiger partial charge in [-0.25, -0.2) is 0 Å². The Morgan fingerprint density at radius 3 is 2.69 bits per heavy atom. The standard InChI is InChI=1S/C26H32N6O4/c1-17-13-18-8-9-19(14-22(18)28-17)29-24(20(15-27)26(35)36-2)30-21-7-3-4-12-32(25(21)34)16-23(33)31-10-5-6-11-31/h8-9,13-14,20-21,28H,3-7,10-12,16H2,1-2H3,(H,29,30)/t20?,21-/m0/s1. The van der Waals surface area contributed by atoms with Crippen molar-refractivity contribution in [1.82, 2.24) is 14.8 Å². The van der Waals surface area contributed by atoms with E-state index in [0.29, 0.717) is 18.7 Å². The van der Waals surface area contributed by atoms with Gasteiger partial charge in [0.05, 0.1) is 19.7 Å². The smallest absolute Gasteiger partial charge is 0.330 e. The third kappa shape index (κ3) is 5.67. The number of aromatic nitrogens is 1. The minimum absolute atomic E-state index is 0.0230. The minimum Gasteiger partial charge on any atom is -0.468 e. The minimum atomic E-state index is -1.33. The third-order valence-corrected chi connectivity index (χ3v) is 6.70. The number of nitrogens with zero attached hydrogens (tertiary/aromatic N) is 4. The number of ether oxygens (including phenoxy) is 1. The van der Waals surface area contributed by atoms with Gasteiger partial charge in [0.1, 0.15) is 11.9 Å². The number of H-pyrrole nitrogens is 1. The van der Waals surface area contributed by atoms with Crippen molar-refractivity contribution < 1.29 is 19.1 Å². The van der Waals surface area contributed by atoms with Crippen molar-refractivity contribution in [3.05, 3.63) is 30.0 Å². The average molecular weight is 493 g/mol. The van der Waals surface area contributed by atoms with E-state index in [1.165, 1.54) is 7.11 Å². The van der Waals surface area contributed by atoms with Crippen LogP contribution in [0.25, 0.3) is 10.9 Å². The molecule has 1 unspecified atom stereocenters. The van der Waals surface area contributed by atoms with Gasteiger partial charge >= 0.3 is 5.97 Å². The summed E-state index contributed by atoms with van der Waals surface area (Å²) in [7, 11) is 1.21. The molecule has 2 saturated heterocycles. The Bertz CT molecular complexity index is 1210. The Balaban J connectivity index is 1.61. The number of hydrogen-bond donors (Lipinski definition) is 2. The molecular weight excluding hydrogens is 460 g/mol. The molecule has 0 spiro atoms. The maximum absolute atomic E-state index is 13.4. The summed E-state index contributed by atoms with van der Waals surface area (Å²) in [5, 5.41) is 13.9. The summed E-state index contributed by atoms with van der Waals surface area (Å²) in [5.41, 5.74) is 2.52. The van der Waals surface area contributed by atoms with Crippen LogP contribution in [0.1, 0.15) is 37.8 Å². The molecule has 4 rings (SSSR count). The monoisotopic (exact) mass is 492 g/mol. The van der Waals surface area contributed by atoms with Crippen LogP contribution in [0.4, 0.5) is 5.69 Å². The summed E-state index contributed by atoms with van der Waals surface area (Å²) in [6.45, 7) is 3.92. The molecule has 2 fully saturated rings. The zero-order chi connectivity index (χ0) is 25.7. The molecular formula is C26H32N6O4. The van der Waals surface area contributed by atoms with Crippen LogP contribution in [0.3, 0.4) is 0 Å². The van der Waals surface area contributed by atoms with Gasteiger partial charge in [0.2, 0.25) is 17.7 Å². The molecule has 1 aromatic carbocycles. The number of fused-ring (bicyclic) bond motifs is 1. The number of aliphatic imine (C=N–C) groups is 1. The predicted octanol–water partition coefficient (Wildman–Crippen LogP) is 2.60. The molecule has 2 amide bonds. The van der Waals surface area contributed by atoms with Gasteiger partial charge in [-0.1, -0.05) is 6.07 Å². The molecule has 2 aliphatic rings. The first kappa shape index (κ1) is 25.2. The van der Waals surface area contributed by atoms with Crippen molar-refractivity contribution >= 4 is 40.2 Å². The Labute approximate surface area is 210 Å². The molecule has 0 saturated carbocycles. The normalized spacial score (nSPS) is 19.6. The van der Waals surface area contributed by atoms with E-state index in [4.69, 9.17) is 4.74 Å². The van der Waals surface area contributed by atoms with Crippen molar-refractivity contribution in [2.24, 2.45) is 10.9 Å². The lowest BCUT2D eigenvalue weighted by atomic mass is 10.1. The molecule has 2 N–H and O–H groups in total. The largest absolute Gasteiger partial charge is 0.468 e. The highest BCUT2D eigenvalue weighted by atomic mass is 16.5. The fourth-order valence-corrected chi connectivity index (χ4v) is 4.78. The molecule has 36 heavy (non-hydrogen) atoms. The number of benzene rings is 1. The number of aryl methyl sites for hydroxylation is 1. The summed E-state index contributed by atoms with van der Waals surface area (Å²) in [5.74, 6) is -2.35. The van der Waals surface area contributed by atoms with Gasteiger partial charge in [-0.3, -0.25) is 19.4 Å². The average Bonchev–Trinajstić information content (AvgIpc) is 3.50. The van der Waals surface area contributed by atoms with E-state index in [1.807, 2.05) is 37.3 Å². The van der Waals surface area contributed by atoms with E-state index >= 15 is 0 Å². The number of aromatic amines is 1. The summed E-state index contributed by atoms with van der Waals surface area (Å²) < 4.78 is 4.83. The van der Waals surface area contributed by atoms with Gasteiger partial charge in [0.15, 0.2) is 0 Å². The molecule has 2 aliphatic heterocycles. The molecule has 0 aliphatic carbocycles. The van der Waals surface area contributed by atoms with Crippen molar-refractivity contribution in [2.75, 3.05) is 38.6 Å². The van der Waals surface area contributed by atoms with Gasteiger partial charge in [-0.2, -0.15) is 5.26 Å². The number of carbonyl (C=O) groups is 3. The van der Waals surface area contributed by atoms with Gasteiger partial charge in [-0.05, 0) is 62.6 Å². The molecule has 2 atom stereocenters. The summed E-state index contributed by atoms with van der Waals surface area (Å²) in [4.78, 5) is 49.8. The van der Waals surface area contributed by atoms with Crippen molar-refractivity contribution in [3.63, 3.8) is 0 Å². The third-order valence-electron chi connectivity index (χ3n) is 6.70. The zero-order valence-electron chi connectivity index (χ0n) is 20.7. The number of amides is 2. The van der Waals surface area contributed by atoms with Crippen LogP contribution in [0.2, 0.25) is 0 Å². The van der Waals surface area contributed by atoms with Crippen molar-refractivity contribution in [3.8, 4) is 6.07 Å². The first-order chi connectivity index (χ1) is 17.4. The summed E-state index contributed by atoms with van der Waals surface area (Å²) in [6.07, 6.45) is 3.93. The highest BCUT2D eigenvalue weighted by Crippen LogP contribution is 2.22. The first-order valence-electron chi connectivity index (χ1n) is 12.4. The van der Waals surface area contributed by atoms with Crippen LogP contribution >= 0.6 is 0 Å². The molecule has 10 heteroatoms. The topological polar surface area (TPSA) is 131 Å². The molecule has 190 valence electrons. The van der Waals surface area contributed by atoms with E-state index in [0.717, 1.165) is 55.4 Å². The SMILES string of the molecule is COC(=O)C(C#N)C(=N[C@H]1CCCCN(CC(=O)N2CCCC2)C1=O)Nc1ccc2cc(C)[nH]c2c1. The quantitative estimate of drug-likeness (QED) is 0.362. The molecule has 0 radical (unpaired) electrons. The van der Waals surface area contributed by atoms with Gasteiger partial charge in [-0.15, -0.1) is 0 Å². The molecule has 3 heterocycles. The number of rotatable bonds is 6. The number of esters is 1. The Kier molecular flexibility index (Phi) is 7.88. The molecule has 10 nitrogen and oxygen atoms in total. The number of methoxy groups -OCH3 is 1. The van der Waals surface area contributed by atoms with E-state index in [-0.39, 0.29) is 24.2 Å². The number of carbonyl (C=O) groups excluding carboxylic acids is 3. The zero-order valence-corrected chi connectivity index (χ0v) is 20.7. The highest BCUT2D eigenvalue weighted by Gasteiger charge is 2.33. The maximum atomic E-state index is 13.4. The second-order valence-electron chi connectivity index (χ2n) is 9.34. The lowest BCUT2D eigenvalue weighted by Crippen LogP contribution is -2.45. The van der Waals surface area contributed by atoms with Crippen molar-refractivity contribution in [1.29, 1.82) is 5.26 Å². The van der Waals surface area contributed by atoms with E-state index in [2.05, 4.69) is 15.3 Å². The maximum Gasteiger partial charge on any atom is 0.330 e. The van der Waals surface area contributed by atoms with E-state index in [1.54, 1.807) is 9.80 Å². The summed E-state index contributed by atoms with van der Waals surface area (Å²) >= 11 is 0. The highest BCUT2D eigenvalue weighted by molar-refractivity contribution is 6.11. The van der Waals surface area contributed by atoms with Gasteiger partial charge < -0.3 is 24.8 Å². The number of amidine groups is 1. The first-order valence-corrected chi connectivity index (χ1v) is 12.4. The van der Waals surface area contributed by atoms with Crippen LogP contribution in [0, 0.1) is 24.2 Å². The van der Waals surface area contributed by atoms with Gasteiger partial charge in [0, 0.05) is 36.5 Å². The van der Waals surface area contributed by atoms with Crippen LogP contribution in [-0.4, -0.2) is 77.7 Å². The fourth-order valence-electron chi connectivity index (χ4n) is 4.78. The Hall–Kier alpha value is -3.87. The number of likely N-dealkylation sites (tertiary alicyclic amines) is 2. The number of anilines is 1. The van der Waals surface area contributed by atoms with E-state index < -0.39 is 17.9 Å². The number of nitriles is 1. The van der Waals surface area contributed by atoms with Crippen LogP contribution in [0.5, 0.6) is 0 Å². The summed E-state index contributed by atoms with van der Waals surface area (Å²) in [6, 6.07) is 8.77. The van der Waals surface area contributed by atoms with Gasteiger partial charge in [0.25, 0.3) is 0 Å². The number of nitrogens with one attached hydrogen (secondary N) is 2. The molecule has 1 aromatic heterocycles. The lowest BCUT2D eigenvalue weighted by Gasteiger charge is -2.25. The Morgan fingerprint density at radius 2 is 1.97 bits per heavy atom. The van der Waals surface area contributed by atoms with E-state index in [9.17, 15) is 19.6 Å². The van der Waals surface area contributed by atoms with Crippen LogP contribution < -0.4 is 5.32 Å². The molecule has 2 aromatic rings.